The molecule has 268 valence electrons. The van der Waals surface area contributed by atoms with Crippen LogP contribution in [0, 0.1) is 0 Å². The summed E-state index contributed by atoms with van der Waals surface area (Å²) in [6, 6.07) is 16.0. The zero-order valence-electron chi connectivity index (χ0n) is 28.3. The van der Waals surface area contributed by atoms with Crippen LogP contribution in [0.3, 0.4) is 0 Å². The van der Waals surface area contributed by atoms with Gasteiger partial charge in [-0.2, -0.15) is 9.19 Å². The second-order valence-corrected chi connectivity index (χ2v) is 16.1. The van der Waals surface area contributed by atoms with Crippen LogP contribution in [0.15, 0.2) is 54.7 Å². The van der Waals surface area contributed by atoms with Crippen LogP contribution in [-0.4, -0.2) is 95.0 Å². The number of carbonyl (C=O) groups is 2. The summed E-state index contributed by atoms with van der Waals surface area (Å²) in [5, 5.41) is 12.0. The average Bonchev–Trinajstić information content (AvgIpc) is 3.74. The minimum absolute atomic E-state index is 0.0894. The second kappa shape index (κ2) is 14.0. The molecule has 1 amide bonds. The van der Waals surface area contributed by atoms with E-state index in [4.69, 9.17) is 4.74 Å². The topological polar surface area (TPSA) is 128 Å². The van der Waals surface area contributed by atoms with Crippen molar-refractivity contribution < 1.29 is 31.5 Å². The van der Waals surface area contributed by atoms with E-state index in [1.165, 1.54) is 30.0 Å². The molecule has 2 aromatic heterocycles. The molecule has 2 N–H and O–H groups in total. The molecule has 5 atom stereocenters. The summed E-state index contributed by atoms with van der Waals surface area (Å²) >= 11 is 0. The van der Waals surface area contributed by atoms with Crippen LogP contribution in [0.4, 0.5) is 8.78 Å². The predicted molar refractivity (Wildman–Crippen MR) is 186 cm³/mol. The zero-order valence-corrected chi connectivity index (χ0v) is 29.1. The molecule has 4 aromatic rings. The van der Waals surface area contributed by atoms with Crippen LogP contribution >= 0.6 is 0 Å². The van der Waals surface area contributed by atoms with Gasteiger partial charge in [0.1, 0.15) is 6.10 Å². The number of piperidine rings is 3. The summed E-state index contributed by atoms with van der Waals surface area (Å²) in [6.45, 7) is -0.425. The summed E-state index contributed by atoms with van der Waals surface area (Å²) < 4.78 is 57.7. The van der Waals surface area contributed by atoms with E-state index in [9.17, 15) is 26.8 Å². The first-order chi connectivity index (χ1) is 23.9. The van der Waals surface area contributed by atoms with Crippen LogP contribution < -0.4 is 10.6 Å². The number of rotatable bonds is 7. The number of esters is 1. The number of benzene rings is 2. The highest BCUT2D eigenvalue weighted by atomic mass is 32.2. The van der Waals surface area contributed by atoms with E-state index in [1.54, 1.807) is 48.5 Å². The number of nitrogens with zero attached hydrogens (tertiary/aromatic N) is 4. The van der Waals surface area contributed by atoms with Crippen molar-refractivity contribution in [2.75, 3.05) is 13.3 Å². The normalized spacial score (nSPS) is 26.5. The number of hydrogen-bond acceptors (Lipinski definition) is 8. The SMILES string of the molecule is CN1[C@@H]2CCC[C@H]1CC(NC(=O)c1nn(S(C)(=O)=O)c3ccccc13)C2.O=C(OC1CC2CCC(C1)N2)c1cn(CC(F)F)c2ccccc12. The van der Waals surface area contributed by atoms with Gasteiger partial charge in [-0.15, -0.1) is 0 Å². The minimum Gasteiger partial charge on any atom is -0.459 e. The maximum absolute atomic E-state index is 12.9. The van der Waals surface area contributed by atoms with Crippen molar-refractivity contribution in [2.24, 2.45) is 0 Å². The smallest absolute Gasteiger partial charge is 0.340 e. The van der Waals surface area contributed by atoms with E-state index >= 15 is 0 Å². The number of ether oxygens (including phenoxy) is 1. The molecular weight excluding hydrogens is 666 g/mol. The number of amides is 1. The molecule has 4 aliphatic heterocycles. The van der Waals surface area contributed by atoms with Gasteiger partial charge in [0, 0.05) is 52.7 Å². The first-order valence-corrected chi connectivity index (χ1v) is 19.3. The Morgan fingerprint density at radius 2 is 1.56 bits per heavy atom. The summed E-state index contributed by atoms with van der Waals surface area (Å²) in [4.78, 5) is 27.9. The number of carbonyl (C=O) groups excluding carboxylic acids is 2. The molecule has 11 nitrogen and oxygen atoms in total. The number of aromatic nitrogens is 3. The van der Waals surface area contributed by atoms with Crippen molar-refractivity contribution in [2.45, 2.75) is 107 Å². The van der Waals surface area contributed by atoms with E-state index in [-0.39, 0.29) is 23.7 Å². The molecule has 8 rings (SSSR count). The van der Waals surface area contributed by atoms with Crippen LogP contribution in [0.25, 0.3) is 21.8 Å². The van der Waals surface area contributed by atoms with E-state index in [1.807, 2.05) is 0 Å². The van der Waals surface area contributed by atoms with Crippen LogP contribution in [-0.2, 0) is 21.3 Å². The third-order valence-corrected chi connectivity index (χ3v) is 11.7. The lowest BCUT2D eigenvalue weighted by atomic mass is 9.82. The molecule has 4 aliphatic rings. The fraction of sp³-hybridized carbons (Fsp3) is 0.528. The van der Waals surface area contributed by atoms with Gasteiger partial charge < -0.3 is 24.8 Å². The summed E-state index contributed by atoms with van der Waals surface area (Å²) in [5.41, 5.74) is 1.61. The largest absolute Gasteiger partial charge is 0.459 e. The summed E-state index contributed by atoms with van der Waals surface area (Å²) in [6.07, 6.45) is 9.42. The highest BCUT2D eigenvalue weighted by Crippen LogP contribution is 2.33. The number of nitrogens with one attached hydrogen (secondary N) is 2. The quantitative estimate of drug-likeness (QED) is 0.259. The molecule has 0 spiro atoms. The Balaban J connectivity index is 0.000000157. The standard InChI is InChI=1S/C18H20F2N2O2.C18H24N4O3S/c19-17(20)10-22-9-15(14-3-1-2-4-16(14)22)18(23)24-13-7-11-5-6-12(8-13)21-11;1-21-13-6-5-7-14(21)11-12(10-13)19-18(23)17-15-8-3-4-9-16(15)22(20-17)26(2,24)25/h1-4,9,11-13,17,21H,5-8,10H2;3-4,8-9,12-14H,5-7,10-11H2,1-2H3,(H,19,23)/t;12?,13-,14+. The van der Waals surface area contributed by atoms with Crippen molar-refractivity contribution in [3.63, 3.8) is 0 Å². The Morgan fingerprint density at radius 1 is 0.940 bits per heavy atom. The van der Waals surface area contributed by atoms with Gasteiger partial charge in [-0.3, -0.25) is 4.79 Å². The molecule has 50 heavy (non-hydrogen) atoms. The first-order valence-electron chi connectivity index (χ1n) is 17.5. The maximum atomic E-state index is 12.9. The van der Waals surface area contributed by atoms with Gasteiger partial charge in [0.05, 0.1) is 23.9 Å². The van der Waals surface area contributed by atoms with Gasteiger partial charge >= 0.3 is 5.97 Å². The van der Waals surface area contributed by atoms with Crippen LogP contribution in [0.1, 0.15) is 78.6 Å². The van der Waals surface area contributed by atoms with E-state index in [0.29, 0.717) is 51.5 Å². The minimum atomic E-state index is -3.58. The van der Waals surface area contributed by atoms with Crippen molar-refractivity contribution in [3.05, 3.63) is 66.0 Å². The highest BCUT2D eigenvalue weighted by Gasteiger charge is 2.38. The third kappa shape index (κ3) is 7.15. The molecule has 2 aromatic carbocycles. The van der Waals surface area contributed by atoms with Gasteiger partial charge in [-0.1, -0.05) is 42.8 Å². The van der Waals surface area contributed by atoms with Crippen molar-refractivity contribution in [1.29, 1.82) is 0 Å². The number of fused-ring (bicyclic) bond motifs is 6. The molecule has 0 saturated carbocycles. The molecule has 4 bridgehead atoms. The first kappa shape index (κ1) is 34.6. The summed E-state index contributed by atoms with van der Waals surface area (Å²) in [5.74, 6) is -0.707. The number of hydrogen-bond donors (Lipinski definition) is 2. The summed E-state index contributed by atoms with van der Waals surface area (Å²) in [7, 11) is -1.40. The fourth-order valence-corrected chi connectivity index (χ4v) is 9.22. The molecule has 0 radical (unpaired) electrons. The molecular formula is C36H44F2N6O5S. The van der Waals surface area contributed by atoms with Crippen molar-refractivity contribution in [3.8, 4) is 0 Å². The Kier molecular flexibility index (Phi) is 9.70. The van der Waals surface area contributed by atoms with Crippen molar-refractivity contribution in [1.82, 2.24) is 29.3 Å². The van der Waals surface area contributed by atoms with Gasteiger partial charge in [-0.25, -0.2) is 22.0 Å². The molecule has 3 unspecified atom stereocenters. The van der Waals surface area contributed by atoms with E-state index in [2.05, 4.69) is 27.7 Å². The predicted octanol–water partition coefficient (Wildman–Crippen LogP) is 4.94. The van der Waals surface area contributed by atoms with Gasteiger partial charge in [0.25, 0.3) is 22.4 Å². The molecule has 14 heteroatoms. The fourth-order valence-electron chi connectivity index (χ4n) is 8.47. The Bertz CT molecular complexity index is 1970. The molecule has 0 aliphatic carbocycles. The molecule has 4 fully saturated rings. The average molecular weight is 711 g/mol. The van der Waals surface area contributed by atoms with Crippen LogP contribution in [0.2, 0.25) is 0 Å². The highest BCUT2D eigenvalue weighted by molar-refractivity contribution is 7.89. The maximum Gasteiger partial charge on any atom is 0.340 e. The molecule has 6 heterocycles. The lowest BCUT2D eigenvalue weighted by Crippen LogP contribution is -2.55. The van der Waals surface area contributed by atoms with Crippen LogP contribution in [0.5, 0.6) is 0 Å². The Labute approximate surface area is 290 Å². The van der Waals surface area contributed by atoms with Gasteiger partial charge in [0.2, 0.25) is 0 Å². The van der Waals surface area contributed by atoms with Gasteiger partial charge in [-0.05, 0) is 70.5 Å². The number of halogens is 2. The van der Waals surface area contributed by atoms with Gasteiger partial charge in [0.15, 0.2) is 5.69 Å². The second-order valence-electron chi connectivity index (χ2n) is 14.3. The lowest BCUT2D eigenvalue weighted by molar-refractivity contribution is 0.0178. The monoisotopic (exact) mass is 710 g/mol. The zero-order chi connectivity index (χ0) is 35.2. The Morgan fingerprint density at radius 3 is 2.20 bits per heavy atom. The Hall–Kier alpha value is -3.88. The third-order valence-electron chi connectivity index (χ3n) is 10.8. The molecule has 4 saturated heterocycles. The lowest BCUT2D eigenvalue weighted by Gasteiger charge is -2.47. The number of alkyl halides is 2. The van der Waals surface area contributed by atoms with E-state index < -0.39 is 29.0 Å². The van der Waals surface area contributed by atoms with E-state index in [0.717, 1.165) is 48.9 Å². The van der Waals surface area contributed by atoms with Crippen molar-refractivity contribution >= 4 is 43.7 Å². The number of para-hydroxylation sites is 2.